The van der Waals surface area contributed by atoms with E-state index in [2.05, 4.69) is 0 Å². The summed E-state index contributed by atoms with van der Waals surface area (Å²) in [6.45, 7) is 0.545. The summed E-state index contributed by atoms with van der Waals surface area (Å²) in [5, 5.41) is 10.1. The zero-order chi connectivity index (χ0) is 14.5. The highest BCUT2D eigenvalue weighted by Crippen LogP contribution is 2.22. The zero-order valence-corrected chi connectivity index (χ0v) is 11.9. The van der Waals surface area contributed by atoms with Crippen LogP contribution in [0.4, 0.5) is 0 Å². The number of benzene rings is 2. The second-order valence-corrected chi connectivity index (χ2v) is 5.13. The Hall–Kier alpha value is -1.84. The first-order valence-electron chi connectivity index (χ1n) is 6.30. The Morgan fingerprint density at radius 1 is 1.15 bits per heavy atom. The largest absolute Gasteiger partial charge is 0.480 e. The molecule has 104 valence electrons. The molecule has 2 aromatic carbocycles. The lowest BCUT2D eigenvalue weighted by Crippen LogP contribution is -2.30. The summed E-state index contributed by atoms with van der Waals surface area (Å²) in [6, 6.07) is 16.0. The number of carboxylic acid groups (broad SMARTS) is 1. The molecule has 0 aliphatic rings. The fourth-order valence-electron chi connectivity index (χ4n) is 2.19. The molecule has 1 unspecified atom stereocenters. The Morgan fingerprint density at radius 3 is 2.30 bits per heavy atom. The number of halogens is 1. The second kappa shape index (κ2) is 6.55. The predicted molar refractivity (Wildman–Crippen MR) is 79.7 cm³/mol. The minimum atomic E-state index is -0.854. The van der Waals surface area contributed by atoms with Gasteiger partial charge in [0, 0.05) is 11.6 Å². The topological polar surface area (TPSA) is 40.5 Å². The predicted octanol–water partition coefficient (Wildman–Crippen LogP) is 3.60. The van der Waals surface area contributed by atoms with E-state index in [1.165, 1.54) is 0 Å². The first-order chi connectivity index (χ1) is 9.58. The van der Waals surface area contributed by atoms with Crippen molar-refractivity contribution in [3.05, 3.63) is 70.7 Å². The smallest absolute Gasteiger partial charge is 0.325 e. The molecule has 0 fully saturated rings. The number of aliphatic carboxylic acids is 1. The van der Waals surface area contributed by atoms with Crippen LogP contribution in [0.15, 0.2) is 54.6 Å². The SMILES string of the molecule is CN(Cc1ccc(Cl)cc1)C(C(=O)O)c1ccccc1. The molecular formula is C16H16ClNO2. The summed E-state index contributed by atoms with van der Waals surface area (Å²) in [5.74, 6) is -0.854. The van der Waals surface area contributed by atoms with Crippen molar-refractivity contribution in [1.82, 2.24) is 4.90 Å². The first-order valence-corrected chi connectivity index (χ1v) is 6.68. The number of carbonyl (C=O) groups is 1. The van der Waals surface area contributed by atoms with E-state index in [0.29, 0.717) is 11.6 Å². The highest BCUT2D eigenvalue weighted by atomic mass is 35.5. The Labute approximate surface area is 123 Å². The molecule has 0 bridgehead atoms. The normalized spacial score (nSPS) is 12.3. The van der Waals surface area contributed by atoms with E-state index in [9.17, 15) is 9.90 Å². The van der Waals surface area contributed by atoms with Crippen LogP contribution in [0.1, 0.15) is 17.2 Å². The molecule has 1 atom stereocenters. The number of carboxylic acids is 1. The van der Waals surface area contributed by atoms with Gasteiger partial charge in [-0.3, -0.25) is 9.69 Å². The lowest BCUT2D eigenvalue weighted by atomic mass is 10.1. The summed E-state index contributed by atoms with van der Waals surface area (Å²) >= 11 is 5.85. The van der Waals surface area contributed by atoms with Crippen molar-refractivity contribution < 1.29 is 9.90 Å². The first kappa shape index (κ1) is 14.6. The summed E-state index contributed by atoms with van der Waals surface area (Å²) in [6.07, 6.45) is 0. The molecule has 1 N–H and O–H groups in total. The van der Waals surface area contributed by atoms with Crippen LogP contribution < -0.4 is 0 Å². The molecule has 4 heteroatoms. The van der Waals surface area contributed by atoms with Crippen molar-refractivity contribution in [3.63, 3.8) is 0 Å². The van der Waals surface area contributed by atoms with Crippen molar-refractivity contribution >= 4 is 17.6 Å². The maximum Gasteiger partial charge on any atom is 0.325 e. The van der Waals surface area contributed by atoms with Gasteiger partial charge in [-0.05, 0) is 30.3 Å². The second-order valence-electron chi connectivity index (χ2n) is 4.69. The molecule has 3 nitrogen and oxygen atoms in total. The van der Waals surface area contributed by atoms with Gasteiger partial charge in [0.25, 0.3) is 0 Å². The van der Waals surface area contributed by atoms with E-state index in [1.54, 1.807) is 11.9 Å². The third kappa shape index (κ3) is 3.59. The fourth-order valence-corrected chi connectivity index (χ4v) is 2.32. The average molecular weight is 290 g/mol. The number of nitrogens with zero attached hydrogens (tertiary/aromatic N) is 1. The van der Waals surface area contributed by atoms with E-state index in [4.69, 9.17) is 11.6 Å². The van der Waals surface area contributed by atoms with Crippen LogP contribution in [-0.4, -0.2) is 23.0 Å². The van der Waals surface area contributed by atoms with Crippen LogP contribution >= 0.6 is 11.6 Å². The molecule has 0 aliphatic carbocycles. The molecule has 0 saturated heterocycles. The molecule has 0 aliphatic heterocycles. The van der Waals surface area contributed by atoms with Crippen LogP contribution in [0.5, 0.6) is 0 Å². The van der Waals surface area contributed by atoms with Crippen LogP contribution in [-0.2, 0) is 11.3 Å². The van der Waals surface area contributed by atoms with Crippen molar-refractivity contribution in [2.75, 3.05) is 7.05 Å². The molecule has 2 aromatic rings. The summed E-state index contributed by atoms with van der Waals surface area (Å²) in [7, 11) is 1.81. The Kier molecular flexibility index (Phi) is 4.77. The molecule has 20 heavy (non-hydrogen) atoms. The van der Waals surface area contributed by atoms with Gasteiger partial charge in [-0.15, -0.1) is 0 Å². The fraction of sp³-hybridized carbons (Fsp3) is 0.188. The van der Waals surface area contributed by atoms with Gasteiger partial charge in [0.05, 0.1) is 0 Å². The molecule has 0 amide bonds. The zero-order valence-electron chi connectivity index (χ0n) is 11.2. The van der Waals surface area contributed by atoms with Crippen molar-refractivity contribution in [2.24, 2.45) is 0 Å². The average Bonchev–Trinajstić information content (AvgIpc) is 2.42. The maximum absolute atomic E-state index is 11.5. The van der Waals surface area contributed by atoms with Gasteiger partial charge in [0.1, 0.15) is 6.04 Å². The molecule has 0 saturated carbocycles. The maximum atomic E-state index is 11.5. The van der Waals surface area contributed by atoms with Gasteiger partial charge < -0.3 is 5.11 Å². The third-order valence-electron chi connectivity index (χ3n) is 3.14. The van der Waals surface area contributed by atoms with Gasteiger partial charge in [-0.25, -0.2) is 0 Å². The van der Waals surface area contributed by atoms with E-state index in [-0.39, 0.29) is 0 Å². The van der Waals surface area contributed by atoms with Gasteiger partial charge in [0.2, 0.25) is 0 Å². The van der Waals surface area contributed by atoms with Gasteiger partial charge in [-0.2, -0.15) is 0 Å². The van der Waals surface area contributed by atoms with Crippen LogP contribution in [0.2, 0.25) is 5.02 Å². The molecule has 0 heterocycles. The Morgan fingerprint density at radius 2 is 1.75 bits per heavy atom. The van der Waals surface area contributed by atoms with E-state index in [0.717, 1.165) is 11.1 Å². The highest BCUT2D eigenvalue weighted by Gasteiger charge is 2.24. The minimum absolute atomic E-state index is 0.545. The quantitative estimate of drug-likeness (QED) is 0.914. The van der Waals surface area contributed by atoms with Crippen molar-refractivity contribution in [1.29, 1.82) is 0 Å². The molecule has 0 aromatic heterocycles. The summed E-state index contributed by atoms with van der Waals surface area (Å²) in [4.78, 5) is 13.3. The van der Waals surface area contributed by atoms with Crippen molar-refractivity contribution in [2.45, 2.75) is 12.6 Å². The molecule has 0 spiro atoms. The summed E-state index contributed by atoms with van der Waals surface area (Å²) in [5.41, 5.74) is 1.80. The van der Waals surface area contributed by atoms with Gasteiger partial charge >= 0.3 is 5.97 Å². The van der Waals surface area contributed by atoms with Gasteiger partial charge in [-0.1, -0.05) is 54.1 Å². The monoisotopic (exact) mass is 289 g/mol. The highest BCUT2D eigenvalue weighted by molar-refractivity contribution is 6.30. The van der Waals surface area contributed by atoms with E-state index < -0.39 is 12.0 Å². The van der Waals surface area contributed by atoms with Crippen LogP contribution in [0.3, 0.4) is 0 Å². The van der Waals surface area contributed by atoms with E-state index >= 15 is 0 Å². The van der Waals surface area contributed by atoms with Crippen LogP contribution in [0.25, 0.3) is 0 Å². The molecule has 0 radical (unpaired) electrons. The van der Waals surface area contributed by atoms with E-state index in [1.807, 2.05) is 54.6 Å². The molecular weight excluding hydrogens is 274 g/mol. The number of hydrogen-bond acceptors (Lipinski definition) is 2. The number of likely N-dealkylation sites (N-methyl/N-ethyl adjacent to an activating group) is 1. The van der Waals surface area contributed by atoms with Crippen LogP contribution in [0, 0.1) is 0 Å². The van der Waals surface area contributed by atoms with Crippen molar-refractivity contribution in [3.8, 4) is 0 Å². The lowest BCUT2D eigenvalue weighted by Gasteiger charge is -2.25. The Balaban J connectivity index is 2.18. The summed E-state index contributed by atoms with van der Waals surface area (Å²) < 4.78 is 0. The standard InChI is InChI=1S/C16H16ClNO2/c1-18(11-12-7-9-14(17)10-8-12)15(16(19)20)13-5-3-2-4-6-13/h2-10,15H,11H2,1H3,(H,19,20). The lowest BCUT2D eigenvalue weighted by molar-refractivity contribution is -0.143. The Bertz CT molecular complexity index is 569. The molecule has 2 rings (SSSR count). The van der Waals surface area contributed by atoms with Gasteiger partial charge in [0.15, 0.2) is 0 Å². The number of hydrogen-bond donors (Lipinski definition) is 1. The third-order valence-corrected chi connectivity index (χ3v) is 3.39. The number of rotatable bonds is 5. The minimum Gasteiger partial charge on any atom is -0.480 e.